The number of pyridine rings is 1. The fraction of sp³-hybridized carbons (Fsp3) is 0.476. The zero-order chi connectivity index (χ0) is 19.6. The van der Waals surface area contributed by atoms with Crippen LogP contribution >= 0.6 is 0 Å². The van der Waals surface area contributed by atoms with E-state index in [1.807, 2.05) is 24.5 Å². The van der Waals surface area contributed by atoms with Gasteiger partial charge in [0.15, 0.2) is 0 Å². The molecule has 150 valence electrons. The predicted molar refractivity (Wildman–Crippen MR) is 108 cm³/mol. The SMILES string of the molecule is CC[C@@H]1CN(Cc2ccncc2)CC[C@@H]1NS(=O)(=O)c1ccc2c(c1)CCO2. The summed E-state index contributed by atoms with van der Waals surface area (Å²) in [6.07, 6.45) is 6.16. The van der Waals surface area contributed by atoms with Gasteiger partial charge in [-0.2, -0.15) is 0 Å². The minimum Gasteiger partial charge on any atom is -0.493 e. The van der Waals surface area contributed by atoms with Crippen molar-refractivity contribution in [3.8, 4) is 5.75 Å². The number of nitrogens with zero attached hydrogens (tertiary/aromatic N) is 2. The third kappa shape index (κ3) is 4.21. The molecule has 2 atom stereocenters. The van der Waals surface area contributed by atoms with Gasteiger partial charge in [0.05, 0.1) is 11.5 Å². The van der Waals surface area contributed by atoms with Gasteiger partial charge in [-0.05, 0) is 53.8 Å². The van der Waals surface area contributed by atoms with Crippen LogP contribution in [0.1, 0.15) is 30.9 Å². The summed E-state index contributed by atoms with van der Waals surface area (Å²) in [6.45, 7) is 5.41. The van der Waals surface area contributed by atoms with E-state index in [0.717, 1.165) is 50.2 Å². The average Bonchev–Trinajstić information content (AvgIpc) is 3.17. The monoisotopic (exact) mass is 401 g/mol. The lowest BCUT2D eigenvalue weighted by Gasteiger charge is -2.38. The van der Waals surface area contributed by atoms with Crippen molar-refractivity contribution in [3.63, 3.8) is 0 Å². The quantitative estimate of drug-likeness (QED) is 0.806. The summed E-state index contributed by atoms with van der Waals surface area (Å²) < 4.78 is 34.4. The number of ether oxygens (including phenoxy) is 1. The Morgan fingerprint density at radius 3 is 2.86 bits per heavy atom. The molecule has 28 heavy (non-hydrogen) atoms. The normalized spacial score (nSPS) is 22.6. The van der Waals surface area contributed by atoms with Crippen molar-refractivity contribution in [1.82, 2.24) is 14.6 Å². The first kappa shape index (κ1) is 19.4. The Balaban J connectivity index is 1.43. The topological polar surface area (TPSA) is 71.5 Å². The third-order valence-electron chi connectivity index (χ3n) is 5.78. The zero-order valence-electron chi connectivity index (χ0n) is 16.2. The van der Waals surface area contributed by atoms with Gasteiger partial charge in [0, 0.05) is 44.5 Å². The maximum absolute atomic E-state index is 13.0. The molecule has 0 bridgehead atoms. The van der Waals surface area contributed by atoms with Crippen LogP contribution in [0.2, 0.25) is 0 Å². The summed E-state index contributed by atoms with van der Waals surface area (Å²) in [4.78, 5) is 6.81. The molecule has 0 amide bonds. The second-order valence-electron chi connectivity index (χ2n) is 7.64. The highest BCUT2D eigenvalue weighted by atomic mass is 32.2. The van der Waals surface area contributed by atoms with E-state index in [1.54, 1.807) is 18.2 Å². The molecule has 4 rings (SSSR count). The molecule has 2 aliphatic heterocycles. The minimum absolute atomic E-state index is 0.0341. The standard InChI is InChI=1S/C21H27N3O3S/c1-2-17-15-24(14-16-5-9-22-10-6-16)11-7-20(17)23-28(25,26)19-3-4-21-18(13-19)8-12-27-21/h3-6,9-10,13,17,20,23H,2,7-8,11-12,14-15H2,1H3/t17-,20+/m1/s1. The van der Waals surface area contributed by atoms with Crippen LogP contribution in [-0.4, -0.2) is 44.0 Å². The smallest absolute Gasteiger partial charge is 0.240 e. The highest BCUT2D eigenvalue weighted by molar-refractivity contribution is 7.89. The van der Waals surface area contributed by atoms with Crippen molar-refractivity contribution in [1.29, 1.82) is 0 Å². The molecule has 1 saturated heterocycles. The van der Waals surface area contributed by atoms with Crippen LogP contribution in [0.15, 0.2) is 47.6 Å². The lowest BCUT2D eigenvalue weighted by molar-refractivity contribution is 0.138. The molecule has 0 saturated carbocycles. The van der Waals surface area contributed by atoms with Crippen LogP contribution in [0.4, 0.5) is 0 Å². The Hall–Kier alpha value is -1.96. The van der Waals surface area contributed by atoms with Gasteiger partial charge >= 0.3 is 0 Å². The predicted octanol–water partition coefficient (Wildman–Crippen LogP) is 2.60. The van der Waals surface area contributed by atoms with E-state index in [2.05, 4.69) is 21.5 Å². The second kappa shape index (κ2) is 8.19. The number of hydrogen-bond acceptors (Lipinski definition) is 5. The molecule has 1 aromatic heterocycles. The van der Waals surface area contributed by atoms with Crippen molar-refractivity contribution >= 4 is 10.0 Å². The molecule has 7 heteroatoms. The van der Waals surface area contributed by atoms with Crippen LogP contribution in [0.25, 0.3) is 0 Å². The summed E-state index contributed by atoms with van der Waals surface area (Å²) >= 11 is 0. The molecule has 3 heterocycles. The number of hydrogen-bond donors (Lipinski definition) is 1. The molecule has 2 aliphatic rings. The summed E-state index contributed by atoms with van der Waals surface area (Å²) in [5.74, 6) is 1.10. The third-order valence-corrected chi connectivity index (χ3v) is 7.26. The fourth-order valence-corrected chi connectivity index (χ4v) is 5.55. The largest absolute Gasteiger partial charge is 0.493 e. The number of rotatable bonds is 6. The van der Waals surface area contributed by atoms with Gasteiger partial charge in [-0.3, -0.25) is 9.88 Å². The van der Waals surface area contributed by atoms with E-state index in [0.29, 0.717) is 17.4 Å². The summed E-state index contributed by atoms with van der Waals surface area (Å²) in [5, 5.41) is 0. The Morgan fingerprint density at radius 1 is 1.25 bits per heavy atom. The molecule has 2 aromatic rings. The second-order valence-corrected chi connectivity index (χ2v) is 9.36. The number of nitrogens with one attached hydrogen (secondary N) is 1. The number of likely N-dealkylation sites (tertiary alicyclic amines) is 1. The van der Waals surface area contributed by atoms with E-state index >= 15 is 0 Å². The Morgan fingerprint density at radius 2 is 2.07 bits per heavy atom. The zero-order valence-corrected chi connectivity index (χ0v) is 17.0. The van der Waals surface area contributed by atoms with Gasteiger partial charge in [-0.25, -0.2) is 13.1 Å². The summed E-state index contributed by atoms with van der Waals surface area (Å²) in [5.41, 5.74) is 2.21. The average molecular weight is 402 g/mol. The van der Waals surface area contributed by atoms with Gasteiger partial charge < -0.3 is 4.74 Å². The maximum Gasteiger partial charge on any atom is 0.240 e. The molecule has 1 aromatic carbocycles. The highest BCUT2D eigenvalue weighted by Gasteiger charge is 2.32. The molecule has 6 nitrogen and oxygen atoms in total. The van der Waals surface area contributed by atoms with E-state index in [4.69, 9.17) is 4.74 Å². The van der Waals surface area contributed by atoms with Crippen LogP contribution in [0.3, 0.4) is 0 Å². The van der Waals surface area contributed by atoms with Gasteiger partial charge in [0.25, 0.3) is 0 Å². The molecular weight excluding hydrogens is 374 g/mol. The van der Waals surface area contributed by atoms with Crippen LogP contribution in [0.5, 0.6) is 5.75 Å². The fourth-order valence-electron chi connectivity index (χ4n) is 4.16. The Kier molecular flexibility index (Phi) is 5.66. The lowest BCUT2D eigenvalue weighted by Crippen LogP contribution is -2.50. The van der Waals surface area contributed by atoms with Crippen molar-refractivity contribution in [2.24, 2.45) is 5.92 Å². The van der Waals surface area contributed by atoms with Crippen molar-refractivity contribution in [3.05, 3.63) is 53.9 Å². The van der Waals surface area contributed by atoms with Gasteiger partial charge in [0.1, 0.15) is 5.75 Å². The lowest BCUT2D eigenvalue weighted by atomic mass is 9.90. The van der Waals surface area contributed by atoms with E-state index in [9.17, 15) is 8.42 Å². The van der Waals surface area contributed by atoms with Crippen molar-refractivity contribution in [2.45, 2.75) is 43.7 Å². The van der Waals surface area contributed by atoms with E-state index < -0.39 is 10.0 Å². The first-order valence-electron chi connectivity index (χ1n) is 9.94. The summed E-state index contributed by atoms with van der Waals surface area (Å²) in [6, 6.07) is 9.20. The van der Waals surface area contributed by atoms with Crippen LogP contribution in [-0.2, 0) is 23.0 Å². The molecule has 1 fully saturated rings. The van der Waals surface area contributed by atoms with Crippen LogP contribution in [0, 0.1) is 5.92 Å². The molecule has 0 aliphatic carbocycles. The maximum atomic E-state index is 13.0. The molecule has 0 radical (unpaired) electrons. The van der Waals surface area contributed by atoms with E-state index in [-0.39, 0.29) is 6.04 Å². The van der Waals surface area contributed by atoms with Gasteiger partial charge in [0.2, 0.25) is 10.0 Å². The Bertz CT molecular complexity index is 918. The molecule has 1 N–H and O–H groups in total. The van der Waals surface area contributed by atoms with Crippen molar-refractivity contribution < 1.29 is 13.2 Å². The number of sulfonamides is 1. The number of fused-ring (bicyclic) bond motifs is 1. The first-order chi connectivity index (χ1) is 13.5. The highest BCUT2D eigenvalue weighted by Crippen LogP contribution is 2.29. The van der Waals surface area contributed by atoms with Gasteiger partial charge in [-0.1, -0.05) is 13.3 Å². The van der Waals surface area contributed by atoms with E-state index in [1.165, 1.54) is 5.56 Å². The number of piperidine rings is 1. The summed E-state index contributed by atoms with van der Waals surface area (Å²) in [7, 11) is -3.53. The van der Waals surface area contributed by atoms with Crippen molar-refractivity contribution in [2.75, 3.05) is 19.7 Å². The molecule has 0 unspecified atom stereocenters. The number of aromatic nitrogens is 1. The Labute approximate surface area is 167 Å². The first-order valence-corrected chi connectivity index (χ1v) is 11.4. The van der Waals surface area contributed by atoms with Crippen LogP contribution < -0.4 is 9.46 Å². The van der Waals surface area contributed by atoms with Gasteiger partial charge in [-0.15, -0.1) is 0 Å². The number of benzene rings is 1. The minimum atomic E-state index is -3.53. The molecular formula is C21H27N3O3S. The molecule has 0 spiro atoms.